The summed E-state index contributed by atoms with van der Waals surface area (Å²) >= 11 is 0. The predicted molar refractivity (Wildman–Crippen MR) is 56.2 cm³/mol. The molecule has 1 saturated carbocycles. The number of carbonyl (C=O) groups excluding carboxylic acids is 2. The number of ketones is 2. The molecule has 4 aliphatic rings. The zero-order valence-corrected chi connectivity index (χ0v) is 8.61. The highest BCUT2D eigenvalue weighted by atomic mass is 16.1. The smallest absolute Gasteiger partial charge is 0.144 e. The molecule has 78 valence electrons. The summed E-state index contributed by atoms with van der Waals surface area (Å²) in [6.07, 6.45) is 10.9. The first-order valence-electron chi connectivity index (χ1n) is 5.63. The lowest BCUT2D eigenvalue weighted by Gasteiger charge is -2.45. The molecule has 0 amide bonds. The van der Waals surface area contributed by atoms with Gasteiger partial charge in [0.25, 0.3) is 0 Å². The van der Waals surface area contributed by atoms with Crippen LogP contribution in [0.25, 0.3) is 0 Å². The summed E-state index contributed by atoms with van der Waals surface area (Å²) in [5, 5.41) is 0. The Hall–Kier alpha value is -1.18. The van der Waals surface area contributed by atoms with E-state index in [9.17, 15) is 9.59 Å². The standard InChI is InChI=1S/C13H14O2/c14-11-3-1-2-5-13-6-4-9(7-10(11)13)8-12(13)15/h1-2,4,6,9-10H,3,5,7-8H2/t9-,10-,13+/m1/s1. The molecule has 0 aliphatic heterocycles. The van der Waals surface area contributed by atoms with E-state index in [0.29, 0.717) is 18.8 Å². The van der Waals surface area contributed by atoms with Crippen molar-refractivity contribution in [3.8, 4) is 0 Å². The Balaban J connectivity index is 2.12. The fourth-order valence-electron chi connectivity index (χ4n) is 3.25. The van der Waals surface area contributed by atoms with Crippen molar-refractivity contribution >= 4 is 11.6 Å². The summed E-state index contributed by atoms with van der Waals surface area (Å²) in [6.45, 7) is 0. The Kier molecular flexibility index (Phi) is 1.76. The molecule has 0 N–H and O–H groups in total. The zero-order chi connectivity index (χ0) is 10.5. The van der Waals surface area contributed by atoms with Gasteiger partial charge in [-0.3, -0.25) is 9.59 Å². The van der Waals surface area contributed by atoms with Gasteiger partial charge in [0, 0.05) is 18.8 Å². The number of Topliss-reactive ketones (excluding diaryl/α,β-unsaturated/α-hetero) is 2. The Morgan fingerprint density at radius 2 is 2.13 bits per heavy atom. The topological polar surface area (TPSA) is 34.1 Å². The van der Waals surface area contributed by atoms with Crippen molar-refractivity contribution < 1.29 is 9.59 Å². The van der Waals surface area contributed by atoms with Crippen LogP contribution in [0.2, 0.25) is 0 Å². The summed E-state index contributed by atoms with van der Waals surface area (Å²) < 4.78 is 0. The van der Waals surface area contributed by atoms with E-state index in [0.717, 1.165) is 12.8 Å². The summed E-state index contributed by atoms with van der Waals surface area (Å²) in [5.74, 6) is 0.826. The predicted octanol–water partition coefficient (Wildman–Crippen LogP) is 2.06. The first-order chi connectivity index (χ1) is 7.22. The third-order valence-corrected chi connectivity index (χ3v) is 4.12. The van der Waals surface area contributed by atoms with E-state index in [4.69, 9.17) is 0 Å². The summed E-state index contributed by atoms with van der Waals surface area (Å²) in [7, 11) is 0. The molecule has 2 bridgehead atoms. The normalized spacial score (nSPS) is 42.9. The van der Waals surface area contributed by atoms with Crippen molar-refractivity contribution in [2.75, 3.05) is 0 Å². The molecule has 0 aromatic heterocycles. The molecule has 0 saturated heterocycles. The van der Waals surface area contributed by atoms with E-state index >= 15 is 0 Å². The van der Waals surface area contributed by atoms with Crippen LogP contribution in [-0.2, 0) is 9.59 Å². The fourth-order valence-corrected chi connectivity index (χ4v) is 3.25. The molecule has 15 heavy (non-hydrogen) atoms. The molecule has 0 radical (unpaired) electrons. The molecular formula is C13H14O2. The second-order valence-corrected chi connectivity index (χ2v) is 4.92. The van der Waals surface area contributed by atoms with Crippen LogP contribution in [0.1, 0.15) is 25.7 Å². The molecule has 0 aromatic carbocycles. The third-order valence-electron chi connectivity index (χ3n) is 4.12. The van der Waals surface area contributed by atoms with Crippen LogP contribution in [0.4, 0.5) is 0 Å². The Morgan fingerprint density at radius 1 is 1.27 bits per heavy atom. The largest absolute Gasteiger partial charge is 0.299 e. The van der Waals surface area contributed by atoms with Crippen molar-refractivity contribution in [1.82, 2.24) is 0 Å². The van der Waals surface area contributed by atoms with Gasteiger partial charge >= 0.3 is 0 Å². The number of hydrogen-bond acceptors (Lipinski definition) is 2. The van der Waals surface area contributed by atoms with Crippen molar-refractivity contribution in [3.05, 3.63) is 24.3 Å². The van der Waals surface area contributed by atoms with Crippen molar-refractivity contribution in [2.24, 2.45) is 17.3 Å². The summed E-state index contributed by atoms with van der Waals surface area (Å²) in [6, 6.07) is 0. The summed E-state index contributed by atoms with van der Waals surface area (Å²) in [5.41, 5.74) is -0.459. The van der Waals surface area contributed by atoms with Crippen LogP contribution < -0.4 is 0 Å². The number of hydrogen-bond donors (Lipinski definition) is 0. The summed E-state index contributed by atoms with van der Waals surface area (Å²) in [4.78, 5) is 24.0. The van der Waals surface area contributed by atoms with Gasteiger partial charge < -0.3 is 0 Å². The number of allylic oxidation sites excluding steroid dienone is 4. The minimum atomic E-state index is -0.459. The zero-order valence-electron chi connectivity index (χ0n) is 8.61. The maximum atomic E-state index is 12.1. The van der Waals surface area contributed by atoms with Gasteiger partial charge in [-0.2, -0.15) is 0 Å². The Morgan fingerprint density at radius 3 is 2.93 bits per heavy atom. The first-order valence-corrected chi connectivity index (χ1v) is 5.63. The van der Waals surface area contributed by atoms with Gasteiger partial charge in [-0.15, -0.1) is 0 Å². The van der Waals surface area contributed by atoms with Crippen LogP contribution in [0, 0.1) is 17.3 Å². The van der Waals surface area contributed by atoms with Gasteiger partial charge in [-0.1, -0.05) is 24.3 Å². The van der Waals surface area contributed by atoms with E-state index in [-0.39, 0.29) is 17.5 Å². The second-order valence-electron chi connectivity index (χ2n) is 4.92. The first kappa shape index (κ1) is 9.08. The van der Waals surface area contributed by atoms with Crippen LogP contribution >= 0.6 is 0 Å². The van der Waals surface area contributed by atoms with Crippen LogP contribution in [0.15, 0.2) is 24.3 Å². The molecule has 4 aliphatic carbocycles. The Bertz CT molecular complexity index is 391. The van der Waals surface area contributed by atoms with E-state index < -0.39 is 5.41 Å². The van der Waals surface area contributed by atoms with Crippen LogP contribution in [0.3, 0.4) is 0 Å². The van der Waals surface area contributed by atoms with Crippen molar-refractivity contribution in [1.29, 1.82) is 0 Å². The molecule has 4 rings (SSSR count). The molecule has 1 spiro atoms. The maximum Gasteiger partial charge on any atom is 0.144 e. The Labute approximate surface area is 89.0 Å². The van der Waals surface area contributed by atoms with Gasteiger partial charge in [-0.25, -0.2) is 0 Å². The molecular weight excluding hydrogens is 188 g/mol. The van der Waals surface area contributed by atoms with Gasteiger partial charge in [0.05, 0.1) is 5.41 Å². The van der Waals surface area contributed by atoms with E-state index in [2.05, 4.69) is 6.08 Å². The van der Waals surface area contributed by atoms with E-state index in [1.165, 1.54) is 0 Å². The maximum absolute atomic E-state index is 12.1. The highest BCUT2D eigenvalue weighted by molar-refractivity contribution is 5.97. The van der Waals surface area contributed by atoms with Gasteiger partial charge in [0.1, 0.15) is 11.6 Å². The quantitative estimate of drug-likeness (QED) is 0.563. The second kappa shape index (κ2) is 2.91. The molecule has 0 unspecified atom stereocenters. The van der Waals surface area contributed by atoms with Crippen LogP contribution in [0.5, 0.6) is 0 Å². The van der Waals surface area contributed by atoms with E-state index in [1.807, 2.05) is 18.2 Å². The van der Waals surface area contributed by atoms with Gasteiger partial charge in [-0.05, 0) is 18.8 Å². The van der Waals surface area contributed by atoms with Crippen molar-refractivity contribution in [2.45, 2.75) is 25.7 Å². The molecule has 0 heterocycles. The fraction of sp³-hybridized carbons (Fsp3) is 0.538. The van der Waals surface area contributed by atoms with Crippen LogP contribution in [-0.4, -0.2) is 11.6 Å². The average Bonchev–Trinajstić information content (AvgIpc) is 2.40. The van der Waals surface area contributed by atoms with Gasteiger partial charge in [0.15, 0.2) is 0 Å². The lowest BCUT2D eigenvalue weighted by molar-refractivity contribution is -0.141. The number of rotatable bonds is 0. The average molecular weight is 202 g/mol. The monoisotopic (exact) mass is 202 g/mol. The SMILES string of the molecule is O=C1CC=CC[C@@]23C=C[C@@H](CC2=O)C[C@H]13. The third kappa shape index (κ3) is 1.11. The molecule has 1 fully saturated rings. The van der Waals surface area contributed by atoms with E-state index in [1.54, 1.807) is 0 Å². The minimum absolute atomic E-state index is 0.0382. The minimum Gasteiger partial charge on any atom is -0.299 e. The molecule has 2 heteroatoms. The molecule has 0 aromatic rings. The lowest BCUT2D eigenvalue weighted by atomic mass is 9.56. The van der Waals surface area contributed by atoms with Crippen molar-refractivity contribution in [3.63, 3.8) is 0 Å². The van der Waals surface area contributed by atoms with Gasteiger partial charge in [0.2, 0.25) is 0 Å². The molecule has 2 nitrogen and oxygen atoms in total. The molecule has 3 atom stereocenters. The number of fused-ring (bicyclic) bond motifs is 1. The lowest BCUT2D eigenvalue weighted by Crippen LogP contribution is -2.48. The number of carbonyl (C=O) groups is 2. The highest BCUT2D eigenvalue weighted by Gasteiger charge is 2.52. The highest BCUT2D eigenvalue weighted by Crippen LogP contribution is 2.51.